The maximum atomic E-state index is 13.7. The number of methoxy groups -OCH3 is 1. The normalized spacial score (nSPS) is 14.5. The van der Waals surface area contributed by atoms with Gasteiger partial charge >= 0.3 is 5.97 Å². The highest BCUT2D eigenvalue weighted by molar-refractivity contribution is 5.96. The number of nitrogens with one attached hydrogen (secondary N) is 1. The average molecular weight is 420 g/mol. The van der Waals surface area contributed by atoms with E-state index in [4.69, 9.17) is 4.74 Å². The standard InChI is InChI=1S/C25H29N3O3/c1-4-27(5-2)23(17-9-7-6-8-10-17)24(29)28-14-13-22-20(16-28)19-15-18(25(30)31-3)11-12-21(19)26-22/h6-12,15,23,26H,4-5,13-14,16H2,1-3H3. The van der Waals surface area contributed by atoms with Crippen LogP contribution in [0.15, 0.2) is 48.5 Å². The predicted octanol–water partition coefficient (Wildman–Crippen LogP) is 3.92. The molecule has 0 saturated carbocycles. The van der Waals surface area contributed by atoms with Crippen LogP contribution >= 0.6 is 0 Å². The molecule has 1 amide bonds. The minimum absolute atomic E-state index is 0.124. The van der Waals surface area contributed by atoms with Gasteiger partial charge in [-0.25, -0.2) is 4.79 Å². The lowest BCUT2D eigenvalue weighted by molar-refractivity contribution is -0.138. The van der Waals surface area contributed by atoms with Gasteiger partial charge in [-0.2, -0.15) is 0 Å². The second-order valence-electron chi connectivity index (χ2n) is 7.88. The zero-order valence-electron chi connectivity index (χ0n) is 18.4. The van der Waals surface area contributed by atoms with Crippen LogP contribution in [0.3, 0.4) is 0 Å². The molecule has 0 aliphatic carbocycles. The molecule has 1 N–H and O–H groups in total. The Labute approximate surface area is 182 Å². The molecule has 0 saturated heterocycles. The number of ether oxygens (including phenoxy) is 1. The lowest BCUT2D eigenvalue weighted by atomic mass is 9.99. The highest BCUT2D eigenvalue weighted by atomic mass is 16.5. The van der Waals surface area contributed by atoms with Gasteiger partial charge in [-0.05, 0) is 36.9 Å². The third-order valence-corrected chi connectivity index (χ3v) is 6.23. The summed E-state index contributed by atoms with van der Waals surface area (Å²) in [4.78, 5) is 33.4. The molecule has 1 unspecified atom stereocenters. The van der Waals surface area contributed by atoms with E-state index in [1.165, 1.54) is 7.11 Å². The van der Waals surface area contributed by atoms with Crippen molar-refractivity contribution >= 4 is 22.8 Å². The molecule has 1 aliphatic heterocycles. The fourth-order valence-corrected chi connectivity index (χ4v) is 4.55. The summed E-state index contributed by atoms with van der Waals surface area (Å²) in [7, 11) is 1.39. The van der Waals surface area contributed by atoms with E-state index in [1.54, 1.807) is 6.07 Å². The molecule has 0 bridgehead atoms. The quantitative estimate of drug-likeness (QED) is 0.615. The molecule has 6 heteroatoms. The van der Waals surface area contributed by atoms with Crippen molar-refractivity contribution in [3.63, 3.8) is 0 Å². The highest BCUT2D eigenvalue weighted by Gasteiger charge is 2.32. The largest absolute Gasteiger partial charge is 0.465 e. The van der Waals surface area contributed by atoms with Crippen LogP contribution in [0.2, 0.25) is 0 Å². The molecule has 0 spiro atoms. The number of amides is 1. The third-order valence-electron chi connectivity index (χ3n) is 6.23. The first-order valence-corrected chi connectivity index (χ1v) is 10.9. The molecule has 0 radical (unpaired) electrons. The summed E-state index contributed by atoms with van der Waals surface area (Å²) >= 11 is 0. The number of rotatable bonds is 6. The van der Waals surface area contributed by atoms with E-state index in [9.17, 15) is 9.59 Å². The summed E-state index contributed by atoms with van der Waals surface area (Å²) in [6, 6.07) is 15.3. The second kappa shape index (κ2) is 8.94. The van der Waals surface area contributed by atoms with Gasteiger partial charge in [0.05, 0.1) is 12.7 Å². The number of fused-ring (bicyclic) bond motifs is 3. The Morgan fingerprint density at radius 2 is 1.87 bits per heavy atom. The Morgan fingerprint density at radius 3 is 2.55 bits per heavy atom. The summed E-state index contributed by atoms with van der Waals surface area (Å²) in [6.45, 7) is 6.99. The van der Waals surface area contributed by atoms with Crippen molar-refractivity contribution in [3.8, 4) is 0 Å². The number of carbonyl (C=O) groups is 2. The van der Waals surface area contributed by atoms with Crippen LogP contribution in [0.4, 0.5) is 0 Å². The van der Waals surface area contributed by atoms with E-state index in [0.717, 1.165) is 47.2 Å². The van der Waals surface area contributed by atoms with Crippen molar-refractivity contribution < 1.29 is 14.3 Å². The summed E-state index contributed by atoms with van der Waals surface area (Å²) in [6.07, 6.45) is 0.767. The van der Waals surface area contributed by atoms with Crippen molar-refractivity contribution in [1.82, 2.24) is 14.8 Å². The summed E-state index contributed by atoms with van der Waals surface area (Å²) in [5.41, 5.74) is 4.75. The van der Waals surface area contributed by atoms with E-state index in [-0.39, 0.29) is 17.9 Å². The third kappa shape index (κ3) is 3.95. The molecule has 2 heterocycles. The number of benzene rings is 2. The SMILES string of the molecule is CCN(CC)C(C(=O)N1CCc2[nH]c3ccc(C(=O)OC)cc3c2C1)c1ccccc1. The van der Waals surface area contributed by atoms with Crippen molar-refractivity contribution in [3.05, 3.63) is 70.9 Å². The van der Waals surface area contributed by atoms with Crippen LogP contribution in [0, 0.1) is 0 Å². The van der Waals surface area contributed by atoms with E-state index in [1.807, 2.05) is 47.4 Å². The molecule has 1 atom stereocenters. The van der Waals surface area contributed by atoms with Gasteiger partial charge in [-0.3, -0.25) is 9.69 Å². The van der Waals surface area contributed by atoms with Crippen LogP contribution in [0.25, 0.3) is 10.9 Å². The number of aromatic amines is 1. The highest BCUT2D eigenvalue weighted by Crippen LogP contribution is 2.31. The molecule has 6 nitrogen and oxygen atoms in total. The minimum atomic E-state index is -0.355. The number of aromatic nitrogens is 1. The van der Waals surface area contributed by atoms with Gasteiger partial charge in [-0.1, -0.05) is 44.2 Å². The number of esters is 1. The van der Waals surface area contributed by atoms with E-state index < -0.39 is 0 Å². The van der Waals surface area contributed by atoms with Gasteiger partial charge in [-0.15, -0.1) is 0 Å². The molecular formula is C25H29N3O3. The number of hydrogen-bond acceptors (Lipinski definition) is 4. The first-order valence-electron chi connectivity index (χ1n) is 10.9. The van der Waals surface area contributed by atoms with Crippen LogP contribution in [-0.2, 0) is 22.5 Å². The first kappa shape index (κ1) is 21.1. The molecule has 0 fully saturated rings. The van der Waals surface area contributed by atoms with Gasteiger partial charge < -0.3 is 14.6 Å². The van der Waals surface area contributed by atoms with Gasteiger partial charge in [0.1, 0.15) is 6.04 Å². The Balaban J connectivity index is 1.67. The summed E-state index contributed by atoms with van der Waals surface area (Å²) < 4.78 is 4.88. The van der Waals surface area contributed by atoms with Crippen LogP contribution in [0.1, 0.15) is 47.1 Å². The van der Waals surface area contributed by atoms with Crippen molar-refractivity contribution in [1.29, 1.82) is 0 Å². The Bertz CT molecular complexity index is 1090. The molecular weight excluding hydrogens is 390 g/mol. The van der Waals surface area contributed by atoms with Crippen LogP contribution < -0.4 is 0 Å². The van der Waals surface area contributed by atoms with Crippen LogP contribution in [-0.4, -0.2) is 53.4 Å². The fourth-order valence-electron chi connectivity index (χ4n) is 4.55. The second-order valence-corrected chi connectivity index (χ2v) is 7.88. The van der Waals surface area contributed by atoms with Crippen LogP contribution in [0.5, 0.6) is 0 Å². The molecule has 3 aromatic rings. The van der Waals surface area contributed by atoms with Crippen molar-refractivity contribution in [2.24, 2.45) is 0 Å². The molecule has 31 heavy (non-hydrogen) atoms. The van der Waals surface area contributed by atoms with E-state index in [0.29, 0.717) is 18.7 Å². The maximum absolute atomic E-state index is 13.7. The number of hydrogen-bond donors (Lipinski definition) is 1. The van der Waals surface area contributed by atoms with Gasteiger partial charge in [0.15, 0.2) is 0 Å². The molecule has 4 rings (SSSR count). The van der Waals surface area contributed by atoms with E-state index in [2.05, 4.69) is 23.7 Å². The monoisotopic (exact) mass is 419 g/mol. The Hall–Kier alpha value is -3.12. The summed E-state index contributed by atoms with van der Waals surface area (Å²) in [5, 5.41) is 0.981. The lowest BCUT2D eigenvalue weighted by Crippen LogP contribution is -2.44. The maximum Gasteiger partial charge on any atom is 0.337 e. The molecule has 1 aliphatic rings. The number of H-pyrrole nitrogens is 1. The number of likely N-dealkylation sites (N-methyl/N-ethyl adjacent to an activating group) is 1. The molecule has 1 aromatic heterocycles. The van der Waals surface area contributed by atoms with Gasteiger partial charge in [0.2, 0.25) is 5.91 Å². The van der Waals surface area contributed by atoms with Crippen molar-refractivity contribution in [2.45, 2.75) is 32.9 Å². The van der Waals surface area contributed by atoms with Crippen molar-refractivity contribution in [2.75, 3.05) is 26.7 Å². The molecule has 2 aromatic carbocycles. The number of carbonyl (C=O) groups excluding carboxylic acids is 2. The molecule has 162 valence electrons. The number of nitrogens with zero attached hydrogens (tertiary/aromatic N) is 2. The predicted molar refractivity (Wildman–Crippen MR) is 121 cm³/mol. The van der Waals surface area contributed by atoms with Gasteiger partial charge in [0.25, 0.3) is 0 Å². The topological polar surface area (TPSA) is 65.6 Å². The zero-order valence-corrected chi connectivity index (χ0v) is 18.4. The summed E-state index contributed by atoms with van der Waals surface area (Å²) in [5.74, 6) is -0.231. The first-order chi connectivity index (χ1) is 15.1. The smallest absolute Gasteiger partial charge is 0.337 e. The Morgan fingerprint density at radius 1 is 1.13 bits per heavy atom. The minimum Gasteiger partial charge on any atom is -0.465 e. The van der Waals surface area contributed by atoms with E-state index >= 15 is 0 Å². The lowest BCUT2D eigenvalue weighted by Gasteiger charge is -2.35. The average Bonchev–Trinajstić information content (AvgIpc) is 3.19. The Kier molecular flexibility index (Phi) is 6.09. The zero-order chi connectivity index (χ0) is 22.0. The van der Waals surface area contributed by atoms with Gasteiger partial charge in [0, 0.05) is 41.7 Å². The fraction of sp³-hybridized carbons (Fsp3) is 0.360.